The van der Waals surface area contributed by atoms with E-state index >= 15 is 0 Å². The van der Waals surface area contributed by atoms with Crippen molar-refractivity contribution in [2.75, 3.05) is 6.54 Å². The Balaban J connectivity index is 2.27. The first-order chi connectivity index (χ1) is 6.66. The van der Waals surface area contributed by atoms with Crippen LogP contribution < -0.4 is 5.32 Å². The first-order valence-electron chi connectivity index (χ1n) is 4.85. The summed E-state index contributed by atoms with van der Waals surface area (Å²) in [6, 6.07) is 4.76. The number of rotatable bonds is 1. The van der Waals surface area contributed by atoms with Gasteiger partial charge in [0, 0.05) is 11.1 Å². The molecule has 1 saturated heterocycles. The molecule has 0 spiro atoms. The zero-order chi connectivity index (χ0) is 10.1. The Kier molecular flexibility index (Phi) is 2.75. The van der Waals surface area contributed by atoms with Gasteiger partial charge in [-0.25, -0.2) is 4.39 Å². The average molecular weight is 214 g/mol. The van der Waals surface area contributed by atoms with Crippen molar-refractivity contribution in [2.24, 2.45) is 5.92 Å². The Hall–Kier alpha value is -0.600. The van der Waals surface area contributed by atoms with E-state index in [0.717, 1.165) is 18.5 Å². The van der Waals surface area contributed by atoms with Gasteiger partial charge < -0.3 is 5.32 Å². The lowest BCUT2D eigenvalue weighted by Gasteiger charge is -2.12. The Bertz CT molecular complexity index is 340. The zero-order valence-electron chi connectivity index (χ0n) is 8.06. The van der Waals surface area contributed by atoms with Gasteiger partial charge in [-0.2, -0.15) is 0 Å². The first-order valence-corrected chi connectivity index (χ1v) is 5.23. The standard InChI is InChI=1S/C11H13ClFN/c1-7-4-11(14-6-7)9-5-8(13)2-3-10(9)12/h2-3,5,7,11,14H,4,6H2,1H3/t7-,11-/m0/s1. The molecule has 1 aliphatic heterocycles. The van der Waals surface area contributed by atoms with Gasteiger partial charge in [0.25, 0.3) is 0 Å². The summed E-state index contributed by atoms with van der Waals surface area (Å²) in [4.78, 5) is 0. The molecule has 0 aliphatic carbocycles. The summed E-state index contributed by atoms with van der Waals surface area (Å²) < 4.78 is 13.0. The molecule has 0 amide bonds. The SMILES string of the molecule is C[C@@H]1CN[C@H](c2cc(F)ccc2Cl)C1. The van der Waals surface area contributed by atoms with E-state index in [1.807, 2.05) is 0 Å². The van der Waals surface area contributed by atoms with Gasteiger partial charge in [0.15, 0.2) is 0 Å². The average Bonchev–Trinajstić information content (AvgIpc) is 2.56. The van der Waals surface area contributed by atoms with Crippen LogP contribution in [0.15, 0.2) is 18.2 Å². The van der Waals surface area contributed by atoms with E-state index in [4.69, 9.17) is 11.6 Å². The van der Waals surface area contributed by atoms with Crippen LogP contribution in [0.1, 0.15) is 24.9 Å². The fraction of sp³-hybridized carbons (Fsp3) is 0.455. The van der Waals surface area contributed by atoms with Crippen LogP contribution in [0.4, 0.5) is 4.39 Å². The van der Waals surface area contributed by atoms with Gasteiger partial charge in [-0.15, -0.1) is 0 Å². The van der Waals surface area contributed by atoms with E-state index in [2.05, 4.69) is 12.2 Å². The predicted molar refractivity (Wildman–Crippen MR) is 55.9 cm³/mol. The van der Waals surface area contributed by atoms with Crippen molar-refractivity contribution in [3.05, 3.63) is 34.6 Å². The molecule has 1 N–H and O–H groups in total. The van der Waals surface area contributed by atoms with Crippen LogP contribution in [-0.2, 0) is 0 Å². The van der Waals surface area contributed by atoms with Gasteiger partial charge in [0.2, 0.25) is 0 Å². The third kappa shape index (κ3) is 1.91. The van der Waals surface area contributed by atoms with E-state index < -0.39 is 0 Å². The molecule has 0 radical (unpaired) electrons. The summed E-state index contributed by atoms with van der Waals surface area (Å²) in [5.41, 5.74) is 0.885. The highest BCUT2D eigenvalue weighted by Crippen LogP contribution is 2.31. The molecule has 2 rings (SSSR count). The van der Waals surface area contributed by atoms with Crippen molar-refractivity contribution >= 4 is 11.6 Å². The van der Waals surface area contributed by atoms with E-state index in [1.165, 1.54) is 12.1 Å². The summed E-state index contributed by atoms with van der Waals surface area (Å²) in [6.07, 6.45) is 1.03. The first kappa shape index (κ1) is 9.94. The Morgan fingerprint density at radius 1 is 1.50 bits per heavy atom. The monoisotopic (exact) mass is 213 g/mol. The van der Waals surface area contributed by atoms with Gasteiger partial charge in [-0.05, 0) is 42.6 Å². The normalized spacial score (nSPS) is 26.8. The zero-order valence-corrected chi connectivity index (χ0v) is 8.81. The minimum atomic E-state index is -0.217. The third-order valence-electron chi connectivity index (χ3n) is 2.68. The van der Waals surface area contributed by atoms with Crippen LogP contribution in [0.3, 0.4) is 0 Å². The second kappa shape index (κ2) is 3.87. The molecular formula is C11H13ClFN. The van der Waals surface area contributed by atoms with Gasteiger partial charge in [-0.1, -0.05) is 18.5 Å². The number of hydrogen-bond donors (Lipinski definition) is 1. The molecule has 1 aromatic rings. The van der Waals surface area contributed by atoms with Crippen molar-refractivity contribution in [2.45, 2.75) is 19.4 Å². The molecule has 1 fully saturated rings. The maximum atomic E-state index is 13.0. The lowest BCUT2D eigenvalue weighted by atomic mass is 10.0. The van der Waals surface area contributed by atoms with Gasteiger partial charge >= 0.3 is 0 Å². The topological polar surface area (TPSA) is 12.0 Å². The second-order valence-corrected chi connectivity index (χ2v) is 4.37. The molecule has 76 valence electrons. The van der Waals surface area contributed by atoms with Crippen molar-refractivity contribution in [1.82, 2.24) is 5.32 Å². The summed E-state index contributed by atoms with van der Waals surface area (Å²) in [6.45, 7) is 3.16. The highest BCUT2D eigenvalue weighted by Gasteiger charge is 2.23. The van der Waals surface area contributed by atoms with Crippen LogP contribution in [0.2, 0.25) is 5.02 Å². The molecular weight excluding hydrogens is 201 g/mol. The number of hydrogen-bond acceptors (Lipinski definition) is 1. The quantitative estimate of drug-likeness (QED) is 0.756. The Morgan fingerprint density at radius 2 is 2.29 bits per heavy atom. The fourth-order valence-corrected chi connectivity index (χ4v) is 2.18. The van der Waals surface area contributed by atoms with Crippen molar-refractivity contribution in [1.29, 1.82) is 0 Å². The fourth-order valence-electron chi connectivity index (χ4n) is 1.93. The minimum absolute atomic E-state index is 0.216. The summed E-state index contributed by atoms with van der Waals surface area (Å²) in [5.74, 6) is 0.421. The molecule has 1 aliphatic rings. The number of nitrogens with one attached hydrogen (secondary N) is 1. The smallest absolute Gasteiger partial charge is 0.123 e. The van der Waals surface area contributed by atoms with Crippen LogP contribution in [0.5, 0.6) is 0 Å². The molecule has 0 saturated carbocycles. The van der Waals surface area contributed by atoms with E-state index in [-0.39, 0.29) is 11.9 Å². The lowest BCUT2D eigenvalue weighted by Crippen LogP contribution is -2.13. The molecule has 2 atom stereocenters. The molecule has 0 unspecified atom stereocenters. The highest BCUT2D eigenvalue weighted by atomic mass is 35.5. The second-order valence-electron chi connectivity index (χ2n) is 3.97. The molecule has 1 aromatic carbocycles. The van der Waals surface area contributed by atoms with Gasteiger partial charge in [0.1, 0.15) is 5.82 Å². The molecule has 3 heteroatoms. The Labute approximate surface area is 88.3 Å². The molecule has 14 heavy (non-hydrogen) atoms. The van der Waals surface area contributed by atoms with Crippen molar-refractivity contribution in [3.8, 4) is 0 Å². The molecule has 0 bridgehead atoms. The predicted octanol–water partition coefficient (Wildman–Crippen LogP) is 3.15. The van der Waals surface area contributed by atoms with Gasteiger partial charge in [-0.3, -0.25) is 0 Å². The number of halogens is 2. The maximum absolute atomic E-state index is 13.0. The number of benzene rings is 1. The van der Waals surface area contributed by atoms with Crippen molar-refractivity contribution < 1.29 is 4.39 Å². The largest absolute Gasteiger partial charge is 0.310 e. The Morgan fingerprint density at radius 3 is 2.93 bits per heavy atom. The van der Waals surface area contributed by atoms with E-state index in [9.17, 15) is 4.39 Å². The summed E-state index contributed by atoms with van der Waals surface area (Å²) in [7, 11) is 0. The van der Waals surface area contributed by atoms with Crippen molar-refractivity contribution in [3.63, 3.8) is 0 Å². The summed E-state index contributed by atoms with van der Waals surface area (Å²) in [5, 5.41) is 3.99. The van der Waals surface area contributed by atoms with Crippen LogP contribution in [-0.4, -0.2) is 6.54 Å². The van der Waals surface area contributed by atoms with Crippen LogP contribution in [0.25, 0.3) is 0 Å². The molecule has 1 heterocycles. The lowest BCUT2D eigenvalue weighted by molar-refractivity contribution is 0.594. The van der Waals surface area contributed by atoms with E-state index in [1.54, 1.807) is 6.07 Å². The summed E-state index contributed by atoms with van der Waals surface area (Å²) >= 11 is 6.02. The highest BCUT2D eigenvalue weighted by molar-refractivity contribution is 6.31. The molecule has 1 nitrogen and oxygen atoms in total. The van der Waals surface area contributed by atoms with Crippen LogP contribution in [0, 0.1) is 11.7 Å². The van der Waals surface area contributed by atoms with E-state index in [0.29, 0.717) is 10.9 Å². The van der Waals surface area contributed by atoms with Gasteiger partial charge in [0.05, 0.1) is 0 Å². The third-order valence-corrected chi connectivity index (χ3v) is 3.03. The minimum Gasteiger partial charge on any atom is -0.310 e. The maximum Gasteiger partial charge on any atom is 0.123 e. The molecule has 0 aromatic heterocycles. The van der Waals surface area contributed by atoms with Crippen LogP contribution >= 0.6 is 11.6 Å².